The van der Waals surface area contributed by atoms with Crippen LogP contribution < -0.4 is 5.32 Å². The first kappa shape index (κ1) is 18.0. The van der Waals surface area contributed by atoms with Gasteiger partial charge in [-0.1, -0.05) is 49.6 Å². The topological polar surface area (TPSA) is 69.6 Å². The largest absolute Gasteiger partial charge is 0.393 e. The molecule has 1 amide bonds. The van der Waals surface area contributed by atoms with Crippen molar-refractivity contribution in [2.45, 2.75) is 69.5 Å². The van der Waals surface area contributed by atoms with E-state index in [1.165, 1.54) is 0 Å². The minimum Gasteiger partial charge on any atom is -0.393 e. The molecule has 4 heteroatoms. The Morgan fingerprint density at radius 3 is 2.48 bits per heavy atom. The van der Waals surface area contributed by atoms with Gasteiger partial charge in [0.25, 0.3) is 0 Å². The van der Waals surface area contributed by atoms with Gasteiger partial charge in [-0.2, -0.15) is 0 Å². The summed E-state index contributed by atoms with van der Waals surface area (Å²) in [5.74, 6) is -0.0120. The number of hydrogen-bond acceptors (Lipinski definition) is 3. The van der Waals surface area contributed by atoms with Crippen molar-refractivity contribution in [3.8, 4) is 0 Å². The zero-order valence-electron chi connectivity index (χ0n) is 14.0. The van der Waals surface area contributed by atoms with Crippen LogP contribution in [0.5, 0.6) is 0 Å². The van der Waals surface area contributed by atoms with Crippen LogP contribution in [0.25, 0.3) is 0 Å². The lowest BCUT2D eigenvalue weighted by molar-refractivity contribution is -0.127. The van der Waals surface area contributed by atoms with Crippen LogP contribution in [0.2, 0.25) is 0 Å². The second-order valence-electron chi connectivity index (χ2n) is 6.96. The van der Waals surface area contributed by atoms with Gasteiger partial charge in [-0.05, 0) is 31.7 Å². The molecule has 1 aliphatic rings. The van der Waals surface area contributed by atoms with E-state index < -0.39 is 11.7 Å². The van der Waals surface area contributed by atoms with Crippen LogP contribution in [0.3, 0.4) is 0 Å². The van der Waals surface area contributed by atoms with E-state index in [9.17, 15) is 15.0 Å². The van der Waals surface area contributed by atoms with Gasteiger partial charge >= 0.3 is 0 Å². The molecule has 1 saturated carbocycles. The van der Waals surface area contributed by atoms with E-state index in [2.05, 4.69) is 5.32 Å². The molecule has 23 heavy (non-hydrogen) atoms. The van der Waals surface area contributed by atoms with E-state index >= 15 is 0 Å². The normalized spacial score (nSPS) is 19.8. The molecule has 0 heterocycles. The smallest absolute Gasteiger partial charge is 0.222 e. The number of nitrogens with one attached hydrogen (secondary N) is 1. The first-order valence-corrected chi connectivity index (χ1v) is 8.71. The molecule has 2 unspecified atom stereocenters. The highest BCUT2D eigenvalue weighted by atomic mass is 16.3. The number of amides is 1. The molecule has 1 aromatic carbocycles. The number of hydrogen-bond donors (Lipinski definition) is 3. The summed E-state index contributed by atoms with van der Waals surface area (Å²) < 4.78 is 0. The second kappa shape index (κ2) is 8.46. The maximum absolute atomic E-state index is 12.2. The number of benzene rings is 1. The lowest BCUT2D eigenvalue weighted by Crippen LogP contribution is -2.39. The summed E-state index contributed by atoms with van der Waals surface area (Å²) in [6, 6.07) is 9.94. The third kappa shape index (κ3) is 5.96. The van der Waals surface area contributed by atoms with Gasteiger partial charge in [0.05, 0.1) is 18.1 Å². The Hall–Kier alpha value is -1.39. The molecule has 0 bridgehead atoms. The Kier molecular flexibility index (Phi) is 6.60. The molecule has 0 aromatic heterocycles. The van der Waals surface area contributed by atoms with Crippen molar-refractivity contribution in [1.29, 1.82) is 0 Å². The monoisotopic (exact) mass is 319 g/mol. The molecule has 1 fully saturated rings. The molecular formula is C19H29NO3. The summed E-state index contributed by atoms with van der Waals surface area (Å²) in [5.41, 5.74) is 0.291. The minimum atomic E-state index is -0.825. The number of aliphatic hydroxyl groups excluding tert-OH is 1. The highest BCUT2D eigenvalue weighted by molar-refractivity contribution is 5.77. The van der Waals surface area contributed by atoms with E-state index in [1.807, 2.05) is 30.3 Å². The van der Waals surface area contributed by atoms with Gasteiger partial charge in [0.1, 0.15) is 0 Å². The minimum absolute atomic E-state index is 0.0844. The van der Waals surface area contributed by atoms with Gasteiger partial charge in [0.2, 0.25) is 5.91 Å². The Labute approximate surface area is 138 Å². The second-order valence-corrected chi connectivity index (χ2v) is 6.96. The van der Waals surface area contributed by atoms with Gasteiger partial charge < -0.3 is 15.5 Å². The average molecular weight is 319 g/mol. The van der Waals surface area contributed by atoms with Gasteiger partial charge in [0, 0.05) is 12.5 Å². The number of carbonyl (C=O) groups excluding carboxylic acids is 1. The van der Waals surface area contributed by atoms with Gasteiger partial charge in [-0.3, -0.25) is 4.79 Å². The average Bonchev–Trinajstić information content (AvgIpc) is 2.52. The summed E-state index contributed by atoms with van der Waals surface area (Å²) in [6.45, 7) is 2.26. The standard InChI is InChI=1S/C19H29NO3/c1-15(21)12-17(16-8-4-2-5-9-16)14-20-18(22)13-19(23)10-6-3-7-11-19/h2,4-5,8-9,15,17,21,23H,3,6-7,10-14H2,1H3,(H,20,22). The SMILES string of the molecule is CC(O)CC(CNC(=O)CC1(O)CCCCC1)c1ccccc1. The molecule has 128 valence electrons. The fourth-order valence-electron chi connectivity index (χ4n) is 3.46. The lowest BCUT2D eigenvalue weighted by Gasteiger charge is -2.31. The van der Waals surface area contributed by atoms with E-state index in [0.717, 1.165) is 37.7 Å². The molecular weight excluding hydrogens is 290 g/mol. The summed E-state index contributed by atoms with van der Waals surface area (Å²) in [7, 11) is 0. The van der Waals surface area contributed by atoms with E-state index in [-0.39, 0.29) is 18.2 Å². The van der Waals surface area contributed by atoms with Gasteiger partial charge in [-0.15, -0.1) is 0 Å². The first-order valence-electron chi connectivity index (χ1n) is 8.71. The van der Waals surface area contributed by atoms with Crippen molar-refractivity contribution in [1.82, 2.24) is 5.32 Å². The van der Waals surface area contributed by atoms with E-state index in [1.54, 1.807) is 6.92 Å². The lowest BCUT2D eigenvalue weighted by atomic mass is 9.82. The fraction of sp³-hybridized carbons (Fsp3) is 0.632. The molecule has 1 aromatic rings. The zero-order chi connectivity index (χ0) is 16.7. The van der Waals surface area contributed by atoms with E-state index in [0.29, 0.717) is 13.0 Å². The van der Waals surface area contributed by atoms with Crippen LogP contribution in [0.15, 0.2) is 30.3 Å². The Bertz CT molecular complexity index is 481. The van der Waals surface area contributed by atoms with Crippen LogP contribution in [-0.2, 0) is 4.79 Å². The third-order valence-corrected chi connectivity index (χ3v) is 4.72. The molecule has 0 aliphatic heterocycles. The van der Waals surface area contributed by atoms with Crippen LogP contribution in [0.4, 0.5) is 0 Å². The fourth-order valence-corrected chi connectivity index (χ4v) is 3.46. The Balaban J connectivity index is 1.88. The van der Waals surface area contributed by atoms with Crippen molar-refractivity contribution < 1.29 is 15.0 Å². The highest BCUT2D eigenvalue weighted by Crippen LogP contribution is 2.30. The van der Waals surface area contributed by atoms with Crippen LogP contribution in [0, 0.1) is 0 Å². The number of carbonyl (C=O) groups is 1. The summed E-state index contributed by atoms with van der Waals surface area (Å²) in [5, 5.41) is 23.1. The maximum atomic E-state index is 12.2. The maximum Gasteiger partial charge on any atom is 0.222 e. The Morgan fingerprint density at radius 1 is 1.22 bits per heavy atom. The predicted octanol–water partition coefficient (Wildman–Crippen LogP) is 2.74. The molecule has 2 rings (SSSR count). The number of aliphatic hydroxyl groups is 2. The summed E-state index contributed by atoms with van der Waals surface area (Å²) in [4.78, 5) is 12.2. The van der Waals surface area contributed by atoms with Crippen LogP contribution in [-0.4, -0.2) is 34.4 Å². The zero-order valence-corrected chi connectivity index (χ0v) is 14.0. The quantitative estimate of drug-likeness (QED) is 0.724. The number of rotatable bonds is 7. The van der Waals surface area contributed by atoms with Crippen LogP contribution in [0.1, 0.15) is 63.4 Å². The van der Waals surface area contributed by atoms with Crippen molar-refractivity contribution in [2.24, 2.45) is 0 Å². The summed E-state index contributed by atoms with van der Waals surface area (Å²) in [6.07, 6.45) is 4.95. The molecule has 0 radical (unpaired) electrons. The highest BCUT2D eigenvalue weighted by Gasteiger charge is 2.31. The van der Waals surface area contributed by atoms with Gasteiger partial charge in [-0.25, -0.2) is 0 Å². The molecule has 2 atom stereocenters. The van der Waals surface area contributed by atoms with Crippen molar-refractivity contribution >= 4 is 5.91 Å². The van der Waals surface area contributed by atoms with Crippen LogP contribution >= 0.6 is 0 Å². The third-order valence-electron chi connectivity index (χ3n) is 4.72. The molecule has 4 nitrogen and oxygen atoms in total. The molecule has 3 N–H and O–H groups in total. The first-order chi connectivity index (χ1) is 11.0. The molecule has 1 aliphatic carbocycles. The Morgan fingerprint density at radius 2 is 1.87 bits per heavy atom. The summed E-state index contributed by atoms with van der Waals surface area (Å²) >= 11 is 0. The predicted molar refractivity (Wildman–Crippen MR) is 91.1 cm³/mol. The van der Waals surface area contributed by atoms with E-state index in [4.69, 9.17) is 0 Å². The van der Waals surface area contributed by atoms with Gasteiger partial charge in [0.15, 0.2) is 0 Å². The van der Waals surface area contributed by atoms with Crippen molar-refractivity contribution in [3.63, 3.8) is 0 Å². The van der Waals surface area contributed by atoms with Crippen molar-refractivity contribution in [2.75, 3.05) is 6.54 Å². The molecule has 0 saturated heterocycles. The molecule has 0 spiro atoms. The van der Waals surface area contributed by atoms with Crippen molar-refractivity contribution in [3.05, 3.63) is 35.9 Å².